The number of nitrogens with zero attached hydrogens (tertiary/aromatic N) is 2. The molecule has 2 aliphatic heterocycles. The summed E-state index contributed by atoms with van der Waals surface area (Å²) in [7, 11) is 1.83. The molecule has 0 bridgehead atoms. The minimum absolute atomic E-state index is 0.0430. The van der Waals surface area contributed by atoms with E-state index in [2.05, 4.69) is 23.7 Å². The standard InChI is InChI=1S/C17H29N3O2/c1-4-16-18-13(2)14(19-16)12-20-9-7-17(8-10-20)15(21-3)6-5-11-22-17/h15H,4-12H2,1-3H3,(H,18,19). The molecule has 3 heterocycles. The Morgan fingerprint density at radius 1 is 1.41 bits per heavy atom. The molecule has 0 aliphatic carbocycles. The fourth-order valence-electron chi connectivity index (χ4n) is 3.89. The molecule has 5 nitrogen and oxygen atoms in total. The maximum atomic E-state index is 6.18. The molecule has 1 spiro atoms. The largest absolute Gasteiger partial charge is 0.378 e. The molecule has 3 rings (SSSR count). The Kier molecular flexibility index (Phi) is 4.85. The van der Waals surface area contributed by atoms with Crippen molar-refractivity contribution in [2.45, 2.75) is 64.2 Å². The molecule has 22 heavy (non-hydrogen) atoms. The molecule has 0 aromatic carbocycles. The van der Waals surface area contributed by atoms with E-state index in [9.17, 15) is 0 Å². The van der Waals surface area contributed by atoms with E-state index < -0.39 is 0 Å². The van der Waals surface area contributed by atoms with Crippen molar-refractivity contribution < 1.29 is 9.47 Å². The van der Waals surface area contributed by atoms with Crippen molar-refractivity contribution in [3.63, 3.8) is 0 Å². The highest BCUT2D eigenvalue weighted by molar-refractivity contribution is 5.13. The average Bonchev–Trinajstić information content (AvgIpc) is 2.90. The Balaban J connectivity index is 1.60. The zero-order valence-corrected chi connectivity index (χ0v) is 14.2. The fraction of sp³-hybridized carbons (Fsp3) is 0.824. The summed E-state index contributed by atoms with van der Waals surface area (Å²) in [5.41, 5.74) is 2.36. The summed E-state index contributed by atoms with van der Waals surface area (Å²) in [6.07, 6.45) is 5.62. The van der Waals surface area contributed by atoms with E-state index in [1.807, 2.05) is 7.11 Å². The predicted octanol–water partition coefficient (Wildman–Crippen LogP) is 2.44. The van der Waals surface area contributed by atoms with Gasteiger partial charge in [-0.15, -0.1) is 0 Å². The molecule has 2 aliphatic rings. The third-order valence-electron chi connectivity index (χ3n) is 5.32. The van der Waals surface area contributed by atoms with E-state index >= 15 is 0 Å². The molecular weight excluding hydrogens is 278 g/mol. The third kappa shape index (κ3) is 3.07. The molecule has 5 heteroatoms. The van der Waals surface area contributed by atoms with Crippen molar-refractivity contribution >= 4 is 0 Å². The van der Waals surface area contributed by atoms with Gasteiger partial charge in [0.2, 0.25) is 0 Å². The van der Waals surface area contributed by atoms with Gasteiger partial charge in [0.1, 0.15) is 5.82 Å². The second kappa shape index (κ2) is 6.69. The lowest BCUT2D eigenvalue weighted by molar-refractivity contribution is -0.186. The van der Waals surface area contributed by atoms with Gasteiger partial charge in [-0.2, -0.15) is 0 Å². The number of aromatic nitrogens is 2. The molecule has 0 amide bonds. The van der Waals surface area contributed by atoms with Crippen molar-refractivity contribution in [1.29, 1.82) is 0 Å². The zero-order valence-electron chi connectivity index (χ0n) is 14.2. The molecule has 0 radical (unpaired) electrons. The number of nitrogens with one attached hydrogen (secondary N) is 1. The first-order chi connectivity index (χ1) is 10.7. The topological polar surface area (TPSA) is 50.4 Å². The van der Waals surface area contributed by atoms with Gasteiger partial charge in [0, 0.05) is 45.5 Å². The second-order valence-corrected chi connectivity index (χ2v) is 6.66. The monoisotopic (exact) mass is 307 g/mol. The predicted molar refractivity (Wildman–Crippen MR) is 85.9 cm³/mol. The van der Waals surface area contributed by atoms with Crippen molar-refractivity contribution in [3.8, 4) is 0 Å². The molecule has 1 unspecified atom stereocenters. The van der Waals surface area contributed by atoms with Crippen LogP contribution < -0.4 is 0 Å². The highest BCUT2D eigenvalue weighted by atomic mass is 16.5. The summed E-state index contributed by atoms with van der Waals surface area (Å²) in [5.74, 6) is 1.09. The number of likely N-dealkylation sites (tertiary alicyclic amines) is 1. The lowest BCUT2D eigenvalue weighted by Gasteiger charge is -2.48. The van der Waals surface area contributed by atoms with Crippen LogP contribution in [0.15, 0.2) is 0 Å². The molecule has 2 fully saturated rings. The number of piperidine rings is 1. The van der Waals surface area contributed by atoms with Crippen LogP contribution in [0.1, 0.15) is 49.8 Å². The summed E-state index contributed by atoms with van der Waals surface area (Å²) in [4.78, 5) is 10.6. The third-order valence-corrected chi connectivity index (χ3v) is 5.32. The summed E-state index contributed by atoms with van der Waals surface area (Å²) >= 11 is 0. The van der Waals surface area contributed by atoms with Crippen LogP contribution in [0.5, 0.6) is 0 Å². The minimum atomic E-state index is -0.0430. The number of rotatable bonds is 4. The van der Waals surface area contributed by atoms with Crippen molar-refractivity contribution in [1.82, 2.24) is 14.9 Å². The van der Waals surface area contributed by atoms with Gasteiger partial charge >= 0.3 is 0 Å². The van der Waals surface area contributed by atoms with Gasteiger partial charge in [-0.1, -0.05) is 6.92 Å². The highest BCUT2D eigenvalue weighted by Gasteiger charge is 2.44. The normalized spacial score (nSPS) is 25.7. The number of hydrogen-bond donors (Lipinski definition) is 1. The molecule has 1 aromatic heterocycles. The summed E-state index contributed by atoms with van der Waals surface area (Å²) in [6.45, 7) is 8.21. The van der Waals surface area contributed by atoms with E-state index in [1.165, 1.54) is 11.4 Å². The molecule has 124 valence electrons. The Hall–Kier alpha value is -0.910. The van der Waals surface area contributed by atoms with Crippen LogP contribution in [0.4, 0.5) is 0 Å². The first-order valence-electron chi connectivity index (χ1n) is 8.60. The fourth-order valence-corrected chi connectivity index (χ4v) is 3.89. The first-order valence-corrected chi connectivity index (χ1v) is 8.60. The number of hydrogen-bond acceptors (Lipinski definition) is 4. The minimum Gasteiger partial charge on any atom is -0.378 e. The van der Waals surface area contributed by atoms with Crippen LogP contribution in [0.2, 0.25) is 0 Å². The zero-order chi connectivity index (χ0) is 15.6. The number of H-pyrrole nitrogens is 1. The lowest BCUT2D eigenvalue weighted by Crippen LogP contribution is -2.55. The second-order valence-electron chi connectivity index (χ2n) is 6.66. The summed E-state index contributed by atoms with van der Waals surface area (Å²) in [6, 6.07) is 0. The van der Waals surface area contributed by atoms with Gasteiger partial charge in [0.05, 0.1) is 17.4 Å². The molecule has 1 aromatic rings. The SMILES string of the molecule is CCc1nc(CN2CCC3(CC2)OCCCC3OC)c(C)[nH]1. The van der Waals surface area contributed by atoms with Crippen LogP contribution in [-0.2, 0) is 22.4 Å². The molecule has 2 saturated heterocycles. The summed E-state index contributed by atoms with van der Waals surface area (Å²) in [5, 5.41) is 0. The first kappa shape index (κ1) is 16.0. The van der Waals surface area contributed by atoms with Crippen molar-refractivity contribution in [2.24, 2.45) is 0 Å². The van der Waals surface area contributed by atoms with Gasteiger partial charge in [-0.3, -0.25) is 4.90 Å². The highest BCUT2D eigenvalue weighted by Crippen LogP contribution is 2.37. The van der Waals surface area contributed by atoms with Crippen LogP contribution in [0, 0.1) is 6.92 Å². The summed E-state index contributed by atoms with van der Waals surface area (Å²) < 4.78 is 11.9. The van der Waals surface area contributed by atoms with Crippen molar-refractivity contribution in [3.05, 3.63) is 17.2 Å². The van der Waals surface area contributed by atoms with E-state index in [4.69, 9.17) is 14.5 Å². The van der Waals surface area contributed by atoms with Crippen LogP contribution in [0.25, 0.3) is 0 Å². The quantitative estimate of drug-likeness (QED) is 0.928. The average molecular weight is 307 g/mol. The van der Waals surface area contributed by atoms with E-state index in [0.29, 0.717) is 0 Å². The Labute approximate surface area is 133 Å². The van der Waals surface area contributed by atoms with Gasteiger partial charge in [0.15, 0.2) is 0 Å². The Morgan fingerprint density at radius 3 is 2.82 bits per heavy atom. The van der Waals surface area contributed by atoms with Gasteiger partial charge in [0.25, 0.3) is 0 Å². The number of ether oxygens (including phenoxy) is 2. The maximum Gasteiger partial charge on any atom is 0.106 e. The van der Waals surface area contributed by atoms with E-state index in [-0.39, 0.29) is 11.7 Å². The number of methoxy groups -OCH3 is 1. The molecular formula is C17H29N3O2. The Bertz CT molecular complexity index is 492. The van der Waals surface area contributed by atoms with Crippen molar-refractivity contribution in [2.75, 3.05) is 26.8 Å². The maximum absolute atomic E-state index is 6.18. The molecule has 1 atom stereocenters. The van der Waals surface area contributed by atoms with Gasteiger partial charge < -0.3 is 14.5 Å². The van der Waals surface area contributed by atoms with Crippen LogP contribution in [-0.4, -0.2) is 53.4 Å². The van der Waals surface area contributed by atoms with Crippen LogP contribution in [0.3, 0.4) is 0 Å². The van der Waals surface area contributed by atoms with E-state index in [0.717, 1.165) is 64.2 Å². The molecule has 1 N–H and O–H groups in total. The molecule has 0 saturated carbocycles. The number of imidazole rings is 1. The number of aromatic amines is 1. The lowest BCUT2D eigenvalue weighted by atomic mass is 9.82. The Morgan fingerprint density at radius 2 is 2.18 bits per heavy atom. The van der Waals surface area contributed by atoms with Gasteiger partial charge in [-0.05, 0) is 32.6 Å². The smallest absolute Gasteiger partial charge is 0.106 e. The van der Waals surface area contributed by atoms with E-state index in [1.54, 1.807) is 0 Å². The van der Waals surface area contributed by atoms with Crippen LogP contribution >= 0.6 is 0 Å². The number of aryl methyl sites for hydroxylation is 2. The van der Waals surface area contributed by atoms with Gasteiger partial charge in [-0.25, -0.2) is 4.98 Å².